The molecule has 0 spiro atoms. The van der Waals surface area contributed by atoms with E-state index in [1.54, 1.807) is 12.1 Å². The molecule has 0 fully saturated rings. The zero-order valence-electron chi connectivity index (χ0n) is 9.31. The lowest BCUT2D eigenvalue weighted by molar-refractivity contribution is 0.289. The maximum absolute atomic E-state index is 5.79. The van der Waals surface area contributed by atoms with Gasteiger partial charge in [0, 0.05) is 11.6 Å². The molecular formula is C11H12ClN3OS. The summed E-state index contributed by atoms with van der Waals surface area (Å²) in [5.41, 5.74) is 0. The summed E-state index contributed by atoms with van der Waals surface area (Å²) < 4.78 is 8.10. The van der Waals surface area contributed by atoms with Gasteiger partial charge in [-0.2, -0.15) is 5.10 Å². The van der Waals surface area contributed by atoms with Crippen molar-refractivity contribution in [1.82, 2.24) is 14.8 Å². The summed E-state index contributed by atoms with van der Waals surface area (Å²) in [4.78, 5) is 0. The normalized spacial score (nSPS) is 10.5. The van der Waals surface area contributed by atoms with Gasteiger partial charge in [-0.25, -0.2) is 0 Å². The molecule has 2 aromatic rings. The summed E-state index contributed by atoms with van der Waals surface area (Å²) in [5, 5.41) is 7.55. The van der Waals surface area contributed by atoms with E-state index in [1.807, 2.05) is 23.6 Å². The zero-order valence-corrected chi connectivity index (χ0v) is 10.9. The Labute approximate surface area is 109 Å². The van der Waals surface area contributed by atoms with Crippen molar-refractivity contribution in [3.8, 4) is 5.75 Å². The number of hydrogen-bond donors (Lipinski definition) is 1. The number of H-pyrrole nitrogens is 1. The average molecular weight is 270 g/mol. The highest BCUT2D eigenvalue weighted by Gasteiger charge is 2.04. The molecule has 6 heteroatoms. The average Bonchev–Trinajstić information content (AvgIpc) is 2.69. The predicted octanol–water partition coefficient (Wildman–Crippen LogP) is 3.19. The van der Waals surface area contributed by atoms with Gasteiger partial charge >= 0.3 is 0 Å². The molecule has 1 aromatic carbocycles. The number of hydrogen-bond acceptors (Lipinski definition) is 3. The van der Waals surface area contributed by atoms with E-state index in [0.29, 0.717) is 16.4 Å². The van der Waals surface area contributed by atoms with Crippen molar-refractivity contribution < 1.29 is 4.74 Å². The fourth-order valence-corrected chi connectivity index (χ4v) is 1.87. The standard InChI is InChI=1S/C11H12ClN3OS/c1-2-15-10(13-14-11(15)17)7-16-9-5-3-8(12)4-6-9/h3-6H,2,7H2,1H3,(H,14,17). The van der Waals surface area contributed by atoms with Crippen LogP contribution in [0.4, 0.5) is 0 Å². The summed E-state index contributed by atoms with van der Waals surface area (Å²) in [7, 11) is 0. The highest BCUT2D eigenvalue weighted by atomic mass is 35.5. The molecule has 0 bridgehead atoms. The van der Waals surface area contributed by atoms with Gasteiger partial charge in [0.05, 0.1) is 0 Å². The topological polar surface area (TPSA) is 42.8 Å². The monoisotopic (exact) mass is 269 g/mol. The zero-order chi connectivity index (χ0) is 12.3. The van der Waals surface area contributed by atoms with Crippen molar-refractivity contribution in [3.63, 3.8) is 0 Å². The lowest BCUT2D eigenvalue weighted by atomic mass is 10.3. The van der Waals surface area contributed by atoms with Crippen LogP contribution in [0.2, 0.25) is 5.02 Å². The largest absolute Gasteiger partial charge is 0.486 e. The molecule has 1 N–H and O–H groups in total. The highest BCUT2D eigenvalue weighted by Crippen LogP contribution is 2.16. The first-order valence-electron chi connectivity index (χ1n) is 5.23. The molecule has 0 saturated carbocycles. The molecule has 0 unspecified atom stereocenters. The Morgan fingerprint density at radius 2 is 2.12 bits per heavy atom. The molecular weight excluding hydrogens is 258 g/mol. The predicted molar refractivity (Wildman–Crippen MR) is 68.9 cm³/mol. The Morgan fingerprint density at radius 3 is 2.76 bits per heavy atom. The molecule has 0 saturated heterocycles. The Kier molecular flexibility index (Phi) is 3.81. The molecule has 0 aliphatic heterocycles. The van der Waals surface area contributed by atoms with E-state index in [1.165, 1.54) is 0 Å². The van der Waals surface area contributed by atoms with Gasteiger partial charge in [-0.05, 0) is 43.4 Å². The molecule has 90 valence electrons. The Morgan fingerprint density at radius 1 is 1.41 bits per heavy atom. The van der Waals surface area contributed by atoms with E-state index < -0.39 is 0 Å². The molecule has 0 aliphatic rings. The third-order valence-electron chi connectivity index (χ3n) is 2.34. The van der Waals surface area contributed by atoms with Crippen molar-refractivity contribution in [2.75, 3.05) is 0 Å². The number of nitrogens with one attached hydrogen (secondary N) is 1. The SMILES string of the molecule is CCn1c(COc2ccc(Cl)cc2)n[nH]c1=S. The highest BCUT2D eigenvalue weighted by molar-refractivity contribution is 7.71. The van der Waals surface area contributed by atoms with E-state index >= 15 is 0 Å². The van der Waals surface area contributed by atoms with Crippen LogP contribution in [0.25, 0.3) is 0 Å². The minimum Gasteiger partial charge on any atom is -0.486 e. The van der Waals surface area contributed by atoms with Crippen LogP contribution in [0, 0.1) is 4.77 Å². The Hall–Kier alpha value is -1.33. The fourth-order valence-electron chi connectivity index (χ4n) is 1.47. The van der Waals surface area contributed by atoms with Gasteiger partial charge in [-0.15, -0.1) is 0 Å². The molecule has 1 heterocycles. The summed E-state index contributed by atoms with van der Waals surface area (Å²) in [6.07, 6.45) is 0. The van der Waals surface area contributed by atoms with Crippen LogP contribution in [-0.4, -0.2) is 14.8 Å². The first-order valence-corrected chi connectivity index (χ1v) is 6.01. The Bertz CT molecular complexity index is 547. The molecule has 17 heavy (non-hydrogen) atoms. The third-order valence-corrected chi connectivity index (χ3v) is 2.90. The van der Waals surface area contributed by atoms with E-state index in [-0.39, 0.29) is 0 Å². The molecule has 0 radical (unpaired) electrons. The number of rotatable bonds is 4. The minimum absolute atomic E-state index is 0.378. The van der Waals surface area contributed by atoms with Crippen LogP contribution in [0.1, 0.15) is 12.7 Å². The molecule has 4 nitrogen and oxygen atoms in total. The second kappa shape index (κ2) is 5.33. The molecule has 0 amide bonds. The van der Waals surface area contributed by atoms with Gasteiger partial charge in [0.15, 0.2) is 10.6 Å². The van der Waals surface area contributed by atoms with Crippen molar-refractivity contribution >= 4 is 23.8 Å². The van der Waals surface area contributed by atoms with E-state index in [9.17, 15) is 0 Å². The van der Waals surface area contributed by atoms with Crippen LogP contribution < -0.4 is 4.74 Å². The summed E-state index contributed by atoms with van der Waals surface area (Å²) in [6.45, 7) is 3.16. The fraction of sp³-hybridized carbons (Fsp3) is 0.273. The summed E-state index contributed by atoms with van der Waals surface area (Å²) >= 11 is 10.9. The van der Waals surface area contributed by atoms with Crippen molar-refractivity contribution in [3.05, 3.63) is 39.9 Å². The van der Waals surface area contributed by atoms with Crippen LogP contribution in [-0.2, 0) is 13.2 Å². The summed E-state index contributed by atoms with van der Waals surface area (Å²) in [6, 6.07) is 7.21. The number of ether oxygens (including phenoxy) is 1. The smallest absolute Gasteiger partial charge is 0.195 e. The quantitative estimate of drug-likeness (QED) is 0.867. The number of aromatic amines is 1. The molecule has 0 aliphatic carbocycles. The van der Waals surface area contributed by atoms with Crippen LogP contribution in [0.3, 0.4) is 0 Å². The van der Waals surface area contributed by atoms with E-state index in [4.69, 9.17) is 28.6 Å². The lowest BCUT2D eigenvalue weighted by Crippen LogP contribution is -2.06. The maximum Gasteiger partial charge on any atom is 0.195 e. The first-order chi connectivity index (χ1) is 8.20. The van der Waals surface area contributed by atoms with E-state index in [2.05, 4.69) is 10.2 Å². The van der Waals surface area contributed by atoms with Gasteiger partial charge < -0.3 is 9.30 Å². The number of nitrogens with zero attached hydrogens (tertiary/aromatic N) is 2. The van der Waals surface area contributed by atoms with Gasteiger partial charge in [0.2, 0.25) is 0 Å². The Balaban J connectivity index is 2.07. The van der Waals surface area contributed by atoms with Gasteiger partial charge in [-0.3, -0.25) is 5.10 Å². The van der Waals surface area contributed by atoms with Gasteiger partial charge in [0.25, 0.3) is 0 Å². The van der Waals surface area contributed by atoms with Crippen LogP contribution in [0.15, 0.2) is 24.3 Å². The van der Waals surface area contributed by atoms with Crippen molar-refractivity contribution in [2.24, 2.45) is 0 Å². The number of aromatic nitrogens is 3. The minimum atomic E-state index is 0.378. The maximum atomic E-state index is 5.79. The molecule has 0 atom stereocenters. The first kappa shape index (κ1) is 12.1. The van der Waals surface area contributed by atoms with Gasteiger partial charge in [-0.1, -0.05) is 11.6 Å². The molecule has 1 aromatic heterocycles. The number of halogens is 1. The van der Waals surface area contributed by atoms with E-state index in [0.717, 1.165) is 18.1 Å². The second-order valence-corrected chi connectivity index (χ2v) is 4.25. The van der Waals surface area contributed by atoms with Crippen molar-refractivity contribution in [1.29, 1.82) is 0 Å². The van der Waals surface area contributed by atoms with Crippen LogP contribution >= 0.6 is 23.8 Å². The van der Waals surface area contributed by atoms with Gasteiger partial charge in [0.1, 0.15) is 12.4 Å². The van der Waals surface area contributed by atoms with Crippen LogP contribution in [0.5, 0.6) is 5.75 Å². The summed E-state index contributed by atoms with van der Waals surface area (Å²) in [5.74, 6) is 1.54. The lowest BCUT2D eigenvalue weighted by Gasteiger charge is -2.06. The third kappa shape index (κ3) is 2.87. The van der Waals surface area contributed by atoms with Crippen molar-refractivity contribution in [2.45, 2.75) is 20.1 Å². The second-order valence-electron chi connectivity index (χ2n) is 3.43. The number of benzene rings is 1. The molecule has 2 rings (SSSR count).